The number of hydrogen-bond donors (Lipinski definition) is 1. The lowest BCUT2D eigenvalue weighted by molar-refractivity contribution is 0.0526. The summed E-state index contributed by atoms with van der Waals surface area (Å²) in [5.41, 5.74) is 8.29. The molecule has 0 spiro atoms. The maximum atomic E-state index is 11.7. The third-order valence-electron chi connectivity index (χ3n) is 2.48. The Morgan fingerprint density at radius 2 is 2.06 bits per heavy atom. The van der Waals surface area contributed by atoms with E-state index in [4.69, 9.17) is 15.2 Å². The Labute approximate surface area is 95.3 Å². The van der Waals surface area contributed by atoms with E-state index in [1.54, 1.807) is 20.1 Å². The second kappa shape index (κ2) is 4.88. The predicted octanol–water partition coefficient (Wildman–Crippen LogP) is 2.07. The minimum atomic E-state index is -0.386. The Morgan fingerprint density at radius 1 is 1.44 bits per heavy atom. The fourth-order valence-electron chi connectivity index (χ4n) is 1.60. The van der Waals surface area contributed by atoms with Crippen LogP contribution in [-0.2, 0) is 4.74 Å². The largest absolute Gasteiger partial charge is 0.496 e. The molecule has 0 saturated heterocycles. The average molecular weight is 223 g/mol. The Balaban J connectivity index is 3.30. The fourth-order valence-corrected chi connectivity index (χ4v) is 1.60. The van der Waals surface area contributed by atoms with Gasteiger partial charge in [0, 0.05) is 5.56 Å². The van der Waals surface area contributed by atoms with E-state index in [0.717, 1.165) is 11.1 Å². The van der Waals surface area contributed by atoms with Gasteiger partial charge in [0.05, 0.1) is 25.0 Å². The second-order valence-corrected chi connectivity index (χ2v) is 3.53. The number of nitrogen functional groups attached to an aromatic ring is 1. The van der Waals surface area contributed by atoms with Crippen molar-refractivity contribution in [2.24, 2.45) is 0 Å². The molecule has 0 aliphatic heterocycles. The first-order valence-corrected chi connectivity index (χ1v) is 5.13. The van der Waals surface area contributed by atoms with Crippen LogP contribution in [0.3, 0.4) is 0 Å². The van der Waals surface area contributed by atoms with Crippen molar-refractivity contribution in [2.45, 2.75) is 20.8 Å². The number of benzene rings is 1. The molecule has 0 aromatic heterocycles. The van der Waals surface area contributed by atoms with E-state index in [0.29, 0.717) is 23.6 Å². The third kappa shape index (κ3) is 2.10. The minimum absolute atomic E-state index is 0.336. The van der Waals surface area contributed by atoms with Crippen LogP contribution in [0, 0.1) is 13.8 Å². The minimum Gasteiger partial charge on any atom is -0.496 e. The van der Waals surface area contributed by atoms with Gasteiger partial charge in [0.1, 0.15) is 5.75 Å². The lowest BCUT2D eigenvalue weighted by Crippen LogP contribution is -2.11. The van der Waals surface area contributed by atoms with Crippen LogP contribution in [0.25, 0.3) is 0 Å². The van der Waals surface area contributed by atoms with E-state index in [1.807, 2.05) is 13.8 Å². The van der Waals surface area contributed by atoms with Gasteiger partial charge in [0.2, 0.25) is 0 Å². The first-order valence-electron chi connectivity index (χ1n) is 5.13. The fraction of sp³-hybridized carbons (Fsp3) is 0.417. The molecule has 16 heavy (non-hydrogen) atoms. The van der Waals surface area contributed by atoms with Crippen LogP contribution in [0.4, 0.5) is 5.69 Å². The van der Waals surface area contributed by atoms with Gasteiger partial charge in [-0.3, -0.25) is 0 Å². The van der Waals surface area contributed by atoms with Crippen molar-refractivity contribution in [3.63, 3.8) is 0 Å². The van der Waals surface area contributed by atoms with Gasteiger partial charge in [-0.15, -0.1) is 0 Å². The van der Waals surface area contributed by atoms with E-state index in [9.17, 15) is 4.79 Å². The maximum Gasteiger partial charge on any atom is 0.340 e. The average Bonchev–Trinajstić information content (AvgIpc) is 2.24. The number of anilines is 1. The number of hydrogen-bond acceptors (Lipinski definition) is 4. The molecular formula is C12H17NO3. The number of methoxy groups -OCH3 is 1. The molecule has 0 aliphatic carbocycles. The third-order valence-corrected chi connectivity index (χ3v) is 2.48. The lowest BCUT2D eigenvalue weighted by Gasteiger charge is -2.14. The molecule has 1 aromatic rings. The van der Waals surface area contributed by atoms with Gasteiger partial charge in [-0.2, -0.15) is 0 Å². The number of rotatable bonds is 3. The van der Waals surface area contributed by atoms with Crippen LogP contribution in [-0.4, -0.2) is 19.7 Å². The smallest absolute Gasteiger partial charge is 0.340 e. The van der Waals surface area contributed by atoms with Gasteiger partial charge in [-0.25, -0.2) is 4.79 Å². The van der Waals surface area contributed by atoms with Crippen LogP contribution in [0.15, 0.2) is 6.07 Å². The Kier molecular flexibility index (Phi) is 3.77. The van der Waals surface area contributed by atoms with Crippen molar-refractivity contribution < 1.29 is 14.3 Å². The van der Waals surface area contributed by atoms with Gasteiger partial charge in [-0.1, -0.05) is 0 Å². The van der Waals surface area contributed by atoms with E-state index in [-0.39, 0.29) is 5.97 Å². The normalized spacial score (nSPS) is 10.0. The summed E-state index contributed by atoms with van der Waals surface area (Å²) >= 11 is 0. The highest BCUT2D eigenvalue weighted by Gasteiger charge is 2.18. The Hall–Kier alpha value is -1.71. The number of aryl methyl sites for hydroxylation is 1. The van der Waals surface area contributed by atoms with Crippen LogP contribution < -0.4 is 10.5 Å². The summed E-state index contributed by atoms with van der Waals surface area (Å²) in [6.45, 7) is 5.73. The molecule has 0 radical (unpaired) electrons. The quantitative estimate of drug-likeness (QED) is 0.629. The molecule has 4 heteroatoms. The zero-order chi connectivity index (χ0) is 12.3. The molecule has 4 nitrogen and oxygen atoms in total. The molecule has 0 heterocycles. The van der Waals surface area contributed by atoms with Crippen molar-refractivity contribution in [1.82, 2.24) is 0 Å². The van der Waals surface area contributed by atoms with Crippen molar-refractivity contribution in [3.8, 4) is 5.75 Å². The van der Waals surface area contributed by atoms with Gasteiger partial charge in [0.25, 0.3) is 0 Å². The summed E-state index contributed by atoms with van der Waals surface area (Å²) < 4.78 is 10.1. The number of carbonyl (C=O) groups is 1. The molecule has 1 aromatic carbocycles. The number of ether oxygens (including phenoxy) is 2. The Bertz CT molecular complexity index is 413. The van der Waals surface area contributed by atoms with E-state index in [1.165, 1.54) is 0 Å². The summed E-state index contributed by atoms with van der Waals surface area (Å²) in [7, 11) is 1.57. The van der Waals surface area contributed by atoms with Crippen molar-refractivity contribution >= 4 is 11.7 Å². The SMILES string of the molecule is CCOC(=O)c1c(C)cc(OC)c(C)c1N. The highest BCUT2D eigenvalue weighted by molar-refractivity contribution is 5.98. The van der Waals surface area contributed by atoms with Crippen LogP contribution in [0.1, 0.15) is 28.4 Å². The summed E-state index contributed by atoms with van der Waals surface area (Å²) in [6.07, 6.45) is 0. The molecule has 0 fully saturated rings. The molecule has 1 rings (SSSR count). The lowest BCUT2D eigenvalue weighted by atomic mass is 10.0. The molecule has 0 saturated carbocycles. The van der Waals surface area contributed by atoms with Gasteiger partial charge < -0.3 is 15.2 Å². The summed E-state index contributed by atoms with van der Waals surface area (Å²) in [4.78, 5) is 11.7. The number of esters is 1. The second-order valence-electron chi connectivity index (χ2n) is 3.53. The maximum absolute atomic E-state index is 11.7. The van der Waals surface area contributed by atoms with Crippen LogP contribution >= 0.6 is 0 Å². The van der Waals surface area contributed by atoms with E-state index in [2.05, 4.69) is 0 Å². The molecule has 2 N–H and O–H groups in total. The summed E-state index contributed by atoms with van der Waals surface area (Å²) in [5, 5.41) is 0. The number of nitrogens with two attached hydrogens (primary N) is 1. The number of carbonyl (C=O) groups excluding carboxylic acids is 1. The summed E-state index contributed by atoms with van der Waals surface area (Å²) in [6, 6.07) is 1.79. The first kappa shape index (κ1) is 12.4. The van der Waals surface area contributed by atoms with Gasteiger partial charge >= 0.3 is 5.97 Å². The molecule has 0 aliphatic rings. The van der Waals surface area contributed by atoms with E-state index < -0.39 is 0 Å². The zero-order valence-electron chi connectivity index (χ0n) is 10.1. The molecule has 0 unspecified atom stereocenters. The zero-order valence-corrected chi connectivity index (χ0v) is 10.1. The van der Waals surface area contributed by atoms with Crippen molar-refractivity contribution in [1.29, 1.82) is 0 Å². The van der Waals surface area contributed by atoms with Crippen LogP contribution in [0.2, 0.25) is 0 Å². The van der Waals surface area contributed by atoms with Crippen molar-refractivity contribution in [2.75, 3.05) is 19.5 Å². The molecular weight excluding hydrogens is 206 g/mol. The standard InChI is InChI=1S/C12H17NO3/c1-5-16-12(14)10-7(2)6-9(15-4)8(3)11(10)13/h6H,5,13H2,1-4H3. The molecule has 0 bridgehead atoms. The molecule has 88 valence electrons. The first-order chi connectivity index (χ1) is 7.52. The monoisotopic (exact) mass is 223 g/mol. The molecule has 0 amide bonds. The molecule has 0 atom stereocenters. The van der Waals surface area contributed by atoms with Crippen molar-refractivity contribution in [3.05, 3.63) is 22.8 Å². The van der Waals surface area contributed by atoms with Crippen LogP contribution in [0.5, 0.6) is 5.75 Å². The highest BCUT2D eigenvalue weighted by Crippen LogP contribution is 2.30. The van der Waals surface area contributed by atoms with E-state index >= 15 is 0 Å². The predicted molar refractivity (Wildman–Crippen MR) is 62.8 cm³/mol. The highest BCUT2D eigenvalue weighted by atomic mass is 16.5. The van der Waals surface area contributed by atoms with Gasteiger partial charge in [-0.05, 0) is 32.4 Å². The topological polar surface area (TPSA) is 61.5 Å². The van der Waals surface area contributed by atoms with Gasteiger partial charge in [0.15, 0.2) is 0 Å². The Morgan fingerprint density at radius 3 is 2.56 bits per heavy atom. The summed E-state index contributed by atoms with van der Waals surface area (Å²) in [5.74, 6) is 0.298.